The van der Waals surface area contributed by atoms with Crippen molar-refractivity contribution >= 4 is 12.1 Å². The number of urea groups is 2. The molecule has 0 unspecified atom stereocenters. The van der Waals surface area contributed by atoms with Gasteiger partial charge < -0.3 is 21.3 Å². The Morgan fingerprint density at radius 3 is 0.938 bits per heavy atom. The number of carbonyl (C=O) groups is 2. The molecule has 0 spiro atoms. The summed E-state index contributed by atoms with van der Waals surface area (Å²) in [7, 11) is 0. The van der Waals surface area contributed by atoms with Crippen molar-refractivity contribution in [1.82, 2.24) is 21.3 Å². The second-order valence-corrected chi connectivity index (χ2v) is 2.78. The quantitative estimate of drug-likeness (QED) is 0.574. The molecule has 0 atom stereocenters. The molecule has 0 heterocycles. The molecule has 0 aliphatic carbocycles. The van der Waals surface area contributed by atoms with Crippen molar-refractivity contribution in [2.75, 3.05) is 26.2 Å². The van der Waals surface area contributed by atoms with Gasteiger partial charge in [0, 0.05) is 26.2 Å². The van der Waals surface area contributed by atoms with Crippen LogP contribution in [-0.4, -0.2) is 38.2 Å². The number of nitrogens with one attached hydrogen (secondary N) is 4. The van der Waals surface area contributed by atoms with E-state index in [1.165, 1.54) is 0 Å². The van der Waals surface area contributed by atoms with Crippen molar-refractivity contribution in [3.05, 3.63) is 0 Å². The molecule has 6 nitrogen and oxygen atoms in total. The van der Waals surface area contributed by atoms with E-state index >= 15 is 0 Å². The fourth-order valence-corrected chi connectivity index (χ4v) is 0.767. The van der Waals surface area contributed by atoms with Crippen LogP contribution in [0.2, 0.25) is 0 Å². The smallest absolute Gasteiger partial charge is 0.314 e. The van der Waals surface area contributed by atoms with Crippen LogP contribution < -0.4 is 21.3 Å². The summed E-state index contributed by atoms with van der Waals surface area (Å²) in [6.07, 6.45) is 0. The molecule has 0 rings (SSSR count). The summed E-state index contributed by atoms with van der Waals surface area (Å²) >= 11 is 0. The zero-order valence-corrected chi connectivity index (χ0v) is 10.6. The second-order valence-electron chi connectivity index (χ2n) is 2.78. The van der Waals surface area contributed by atoms with Crippen molar-refractivity contribution in [1.29, 1.82) is 0 Å². The SMILES string of the molecule is CCNC(=O)NCC.CCNC(=O)NCC. The Hall–Kier alpha value is -1.46. The van der Waals surface area contributed by atoms with Gasteiger partial charge in [-0.2, -0.15) is 0 Å². The predicted octanol–water partition coefficient (Wildman–Crippen LogP) is 0.651. The van der Waals surface area contributed by atoms with Crippen LogP contribution in [0.5, 0.6) is 0 Å². The van der Waals surface area contributed by atoms with Crippen molar-refractivity contribution in [3.63, 3.8) is 0 Å². The zero-order valence-electron chi connectivity index (χ0n) is 10.6. The molecule has 0 aromatic rings. The molecule has 0 aliphatic heterocycles. The first-order chi connectivity index (χ1) is 7.62. The van der Waals surface area contributed by atoms with Gasteiger partial charge in [-0.05, 0) is 27.7 Å². The summed E-state index contributed by atoms with van der Waals surface area (Å²) in [5.41, 5.74) is 0. The van der Waals surface area contributed by atoms with E-state index in [0.29, 0.717) is 26.2 Å². The molecule has 0 saturated heterocycles. The van der Waals surface area contributed by atoms with Crippen molar-refractivity contribution < 1.29 is 9.59 Å². The predicted molar refractivity (Wildman–Crippen MR) is 65.5 cm³/mol. The maximum atomic E-state index is 10.4. The van der Waals surface area contributed by atoms with E-state index < -0.39 is 0 Å². The number of rotatable bonds is 4. The number of hydrogen-bond acceptors (Lipinski definition) is 2. The average Bonchev–Trinajstić information content (AvgIpc) is 2.20. The van der Waals surface area contributed by atoms with Gasteiger partial charge in [0.1, 0.15) is 0 Å². The Labute approximate surface area is 97.6 Å². The van der Waals surface area contributed by atoms with Gasteiger partial charge in [-0.3, -0.25) is 0 Å². The summed E-state index contributed by atoms with van der Waals surface area (Å²) in [5, 5.41) is 10.4. The average molecular weight is 232 g/mol. The molecule has 0 fully saturated rings. The van der Waals surface area contributed by atoms with E-state index in [1.807, 2.05) is 27.7 Å². The Morgan fingerprint density at radius 2 is 0.812 bits per heavy atom. The fourth-order valence-electron chi connectivity index (χ4n) is 0.767. The zero-order chi connectivity index (χ0) is 12.8. The van der Waals surface area contributed by atoms with Crippen LogP contribution in [0.25, 0.3) is 0 Å². The van der Waals surface area contributed by atoms with Gasteiger partial charge in [-0.15, -0.1) is 0 Å². The lowest BCUT2D eigenvalue weighted by Crippen LogP contribution is -2.34. The lowest BCUT2D eigenvalue weighted by Gasteiger charge is -1.99. The van der Waals surface area contributed by atoms with E-state index in [4.69, 9.17) is 0 Å². The molecule has 0 saturated carbocycles. The standard InChI is InChI=1S/2C5H12N2O/c2*1-3-6-5(8)7-4-2/h2*3-4H2,1-2H3,(H2,6,7,8). The van der Waals surface area contributed by atoms with Crippen LogP contribution in [0.3, 0.4) is 0 Å². The minimum Gasteiger partial charge on any atom is -0.338 e. The van der Waals surface area contributed by atoms with Gasteiger partial charge >= 0.3 is 12.1 Å². The molecule has 16 heavy (non-hydrogen) atoms. The topological polar surface area (TPSA) is 82.3 Å². The molecule has 0 aromatic heterocycles. The van der Waals surface area contributed by atoms with E-state index in [2.05, 4.69) is 21.3 Å². The van der Waals surface area contributed by atoms with Crippen LogP contribution in [0.15, 0.2) is 0 Å². The first kappa shape index (κ1) is 17.0. The van der Waals surface area contributed by atoms with Gasteiger partial charge in [0.25, 0.3) is 0 Å². The van der Waals surface area contributed by atoms with Crippen LogP contribution in [0.4, 0.5) is 9.59 Å². The molecular formula is C10H24N4O2. The largest absolute Gasteiger partial charge is 0.338 e. The summed E-state index contributed by atoms with van der Waals surface area (Å²) in [5.74, 6) is 0. The van der Waals surface area contributed by atoms with Crippen LogP contribution in [0.1, 0.15) is 27.7 Å². The van der Waals surface area contributed by atoms with Crippen LogP contribution >= 0.6 is 0 Å². The lowest BCUT2D eigenvalue weighted by atomic mass is 10.7. The summed E-state index contributed by atoms with van der Waals surface area (Å²) in [4.78, 5) is 20.8. The molecule has 96 valence electrons. The fraction of sp³-hybridized carbons (Fsp3) is 0.800. The Morgan fingerprint density at radius 1 is 0.625 bits per heavy atom. The second kappa shape index (κ2) is 13.5. The Kier molecular flexibility index (Phi) is 14.3. The van der Waals surface area contributed by atoms with Gasteiger partial charge in [-0.25, -0.2) is 9.59 Å². The third-order valence-electron chi connectivity index (χ3n) is 1.35. The van der Waals surface area contributed by atoms with Crippen molar-refractivity contribution in [3.8, 4) is 0 Å². The molecule has 4 amide bonds. The maximum absolute atomic E-state index is 10.4. The molecule has 0 aliphatic rings. The Balaban J connectivity index is 0. The Bertz CT molecular complexity index is 150. The van der Waals surface area contributed by atoms with Crippen LogP contribution in [-0.2, 0) is 0 Å². The number of carbonyl (C=O) groups excluding carboxylic acids is 2. The molecule has 0 bridgehead atoms. The van der Waals surface area contributed by atoms with E-state index in [9.17, 15) is 9.59 Å². The highest BCUT2D eigenvalue weighted by Crippen LogP contribution is 1.61. The number of hydrogen-bond donors (Lipinski definition) is 4. The summed E-state index contributed by atoms with van der Waals surface area (Å²) in [6.45, 7) is 10.3. The summed E-state index contributed by atoms with van der Waals surface area (Å²) in [6, 6.07) is -0.176. The third-order valence-corrected chi connectivity index (χ3v) is 1.35. The maximum Gasteiger partial charge on any atom is 0.314 e. The van der Waals surface area contributed by atoms with Gasteiger partial charge in [0.05, 0.1) is 0 Å². The van der Waals surface area contributed by atoms with Gasteiger partial charge in [-0.1, -0.05) is 0 Å². The van der Waals surface area contributed by atoms with Crippen molar-refractivity contribution in [2.24, 2.45) is 0 Å². The summed E-state index contributed by atoms with van der Waals surface area (Å²) < 4.78 is 0. The molecule has 0 radical (unpaired) electrons. The lowest BCUT2D eigenvalue weighted by molar-refractivity contribution is 0.241. The van der Waals surface area contributed by atoms with Gasteiger partial charge in [0.2, 0.25) is 0 Å². The van der Waals surface area contributed by atoms with Gasteiger partial charge in [0.15, 0.2) is 0 Å². The molecule has 6 heteroatoms. The molecule has 4 N–H and O–H groups in total. The highest BCUT2D eigenvalue weighted by molar-refractivity contribution is 5.73. The third kappa shape index (κ3) is 15.0. The minimum atomic E-state index is -0.0880. The first-order valence-electron chi connectivity index (χ1n) is 5.65. The minimum absolute atomic E-state index is 0.0880. The molecular weight excluding hydrogens is 208 g/mol. The highest BCUT2D eigenvalue weighted by Gasteiger charge is 1.90. The van der Waals surface area contributed by atoms with Crippen molar-refractivity contribution in [2.45, 2.75) is 27.7 Å². The van der Waals surface area contributed by atoms with E-state index in [-0.39, 0.29) is 12.1 Å². The normalized spacial score (nSPS) is 8.25. The van der Waals surface area contributed by atoms with E-state index in [0.717, 1.165) is 0 Å². The molecule has 0 aromatic carbocycles. The first-order valence-corrected chi connectivity index (χ1v) is 5.65. The monoisotopic (exact) mass is 232 g/mol. The van der Waals surface area contributed by atoms with E-state index in [1.54, 1.807) is 0 Å². The highest BCUT2D eigenvalue weighted by atomic mass is 16.2. The van der Waals surface area contributed by atoms with Crippen LogP contribution in [0, 0.1) is 0 Å². The number of amides is 4.